The van der Waals surface area contributed by atoms with Crippen molar-refractivity contribution in [2.24, 2.45) is 0 Å². The van der Waals surface area contributed by atoms with Crippen molar-refractivity contribution in [3.63, 3.8) is 0 Å². The van der Waals surface area contributed by atoms with Crippen LogP contribution in [0.15, 0.2) is 18.2 Å². The van der Waals surface area contributed by atoms with E-state index in [1.807, 2.05) is 17.7 Å². The fraction of sp³-hybridized carbons (Fsp3) is 0.375. The Bertz CT molecular complexity index is 809. The molecule has 124 valence electrons. The van der Waals surface area contributed by atoms with Gasteiger partial charge in [0.1, 0.15) is 17.7 Å². The number of rotatable bonds is 3. The first-order chi connectivity index (χ1) is 11.6. The number of nitriles is 1. The summed E-state index contributed by atoms with van der Waals surface area (Å²) >= 11 is 0. The lowest BCUT2D eigenvalue weighted by Crippen LogP contribution is -2.36. The zero-order chi connectivity index (χ0) is 17.1. The first-order valence-corrected chi connectivity index (χ1v) is 7.81. The van der Waals surface area contributed by atoms with E-state index in [0.717, 1.165) is 43.5 Å². The van der Waals surface area contributed by atoms with Gasteiger partial charge in [-0.15, -0.1) is 0 Å². The van der Waals surface area contributed by atoms with Gasteiger partial charge in [0.05, 0.1) is 17.3 Å². The Morgan fingerprint density at radius 2 is 2.38 bits per heavy atom. The van der Waals surface area contributed by atoms with E-state index in [1.54, 1.807) is 0 Å². The van der Waals surface area contributed by atoms with E-state index in [2.05, 4.69) is 20.7 Å². The Kier molecular flexibility index (Phi) is 4.42. The van der Waals surface area contributed by atoms with Crippen LogP contribution in [0.5, 0.6) is 0 Å². The molecule has 2 heterocycles. The predicted molar refractivity (Wildman–Crippen MR) is 84.6 cm³/mol. The second kappa shape index (κ2) is 6.66. The Morgan fingerprint density at radius 3 is 3.12 bits per heavy atom. The normalized spacial score (nSPS) is 16.1. The molecule has 2 amide bonds. The van der Waals surface area contributed by atoms with Crippen LogP contribution in [0.4, 0.5) is 14.9 Å². The summed E-state index contributed by atoms with van der Waals surface area (Å²) in [6.45, 7) is 2.77. The number of urea groups is 1. The molecule has 2 aromatic rings. The van der Waals surface area contributed by atoms with Crippen LogP contribution in [0, 0.1) is 17.1 Å². The molecule has 7 nitrogen and oxygen atoms in total. The number of fused-ring (bicyclic) bond motifs is 1. The number of amides is 2. The fourth-order valence-corrected chi connectivity index (χ4v) is 2.72. The number of nitrogens with one attached hydrogen (secondary N) is 2. The van der Waals surface area contributed by atoms with Crippen LogP contribution in [0.3, 0.4) is 0 Å². The number of aromatic nitrogens is 3. The number of halogens is 1. The number of hydrogen-bond acceptors (Lipinski definition) is 4. The minimum atomic E-state index is -0.523. The Balaban J connectivity index is 1.73. The van der Waals surface area contributed by atoms with Crippen LogP contribution >= 0.6 is 0 Å². The van der Waals surface area contributed by atoms with Gasteiger partial charge in [0, 0.05) is 13.0 Å². The average molecular weight is 328 g/mol. The number of benzene rings is 1. The fourth-order valence-electron chi connectivity index (χ4n) is 2.72. The number of carbonyl (C=O) groups excluding carboxylic acids is 1. The van der Waals surface area contributed by atoms with Crippen molar-refractivity contribution in [3.8, 4) is 6.07 Å². The lowest BCUT2D eigenvalue weighted by atomic mass is 10.1. The van der Waals surface area contributed by atoms with Crippen molar-refractivity contribution in [2.75, 3.05) is 5.32 Å². The van der Waals surface area contributed by atoms with Gasteiger partial charge in [0.25, 0.3) is 0 Å². The third-order valence-corrected chi connectivity index (χ3v) is 3.89. The highest BCUT2D eigenvalue weighted by Gasteiger charge is 2.25. The van der Waals surface area contributed by atoms with E-state index in [4.69, 9.17) is 5.26 Å². The van der Waals surface area contributed by atoms with Crippen molar-refractivity contribution in [2.45, 2.75) is 38.8 Å². The van der Waals surface area contributed by atoms with Crippen LogP contribution in [-0.2, 0) is 13.0 Å². The van der Waals surface area contributed by atoms with Crippen LogP contribution in [0.1, 0.15) is 43.0 Å². The van der Waals surface area contributed by atoms with Crippen LogP contribution in [0.25, 0.3) is 0 Å². The molecule has 0 saturated carbocycles. The maximum Gasteiger partial charge on any atom is 0.319 e. The number of anilines is 1. The van der Waals surface area contributed by atoms with Crippen molar-refractivity contribution < 1.29 is 9.18 Å². The highest BCUT2D eigenvalue weighted by molar-refractivity contribution is 5.90. The standard InChI is InChI=1S/C16H17FN6O/c1-2-14-21-15-13(4-3-7-23(15)22-14)20-16(24)19-12-6-5-11(17)8-10(12)9-18/h5-6,8,13H,2-4,7H2,1H3,(H2,19,20,24)/t13-/m1/s1. The molecule has 0 bridgehead atoms. The molecular formula is C16H17FN6O. The van der Waals surface area contributed by atoms with Crippen molar-refractivity contribution in [3.05, 3.63) is 41.2 Å². The van der Waals surface area contributed by atoms with Gasteiger partial charge in [0.15, 0.2) is 5.82 Å². The number of aryl methyl sites for hydroxylation is 2. The van der Waals surface area contributed by atoms with E-state index in [9.17, 15) is 9.18 Å². The second-order valence-corrected chi connectivity index (χ2v) is 5.56. The van der Waals surface area contributed by atoms with Gasteiger partial charge in [-0.1, -0.05) is 6.92 Å². The topological polar surface area (TPSA) is 95.6 Å². The molecule has 1 aromatic heterocycles. The highest BCUT2D eigenvalue weighted by atomic mass is 19.1. The third kappa shape index (κ3) is 3.20. The van der Waals surface area contributed by atoms with Gasteiger partial charge in [-0.3, -0.25) is 0 Å². The Hall–Kier alpha value is -2.95. The molecule has 8 heteroatoms. The summed E-state index contributed by atoms with van der Waals surface area (Å²) in [6, 6.07) is 4.81. The summed E-state index contributed by atoms with van der Waals surface area (Å²) in [5, 5.41) is 18.9. The van der Waals surface area contributed by atoms with Gasteiger partial charge in [-0.2, -0.15) is 10.4 Å². The van der Waals surface area contributed by atoms with E-state index < -0.39 is 11.8 Å². The lowest BCUT2D eigenvalue weighted by Gasteiger charge is -2.23. The molecule has 1 aliphatic rings. The van der Waals surface area contributed by atoms with E-state index in [0.29, 0.717) is 0 Å². The summed E-state index contributed by atoms with van der Waals surface area (Å²) in [6.07, 6.45) is 2.40. The number of carbonyl (C=O) groups is 1. The molecule has 0 aliphatic carbocycles. The molecule has 24 heavy (non-hydrogen) atoms. The molecule has 0 radical (unpaired) electrons. The molecular weight excluding hydrogens is 311 g/mol. The van der Waals surface area contributed by atoms with Gasteiger partial charge < -0.3 is 10.6 Å². The quantitative estimate of drug-likeness (QED) is 0.905. The van der Waals surface area contributed by atoms with Gasteiger partial charge in [-0.05, 0) is 31.0 Å². The molecule has 0 unspecified atom stereocenters. The summed E-state index contributed by atoms with van der Waals surface area (Å²) in [4.78, 5) is 16.7. The minimum Gasteiger partial charge on any atom is -0.328 e. The van der Waals surface area contributed by atoms with E-state index in [-0.39, 0.29) is 17.3 Å². The minimum absolute atomic E-state index is 0.0743. The van der Waals surface area contributed by atoms with Gasteiger partial charge in [0.2, 0.25) is 0 Å². The second-order valence-electron chi connectivity index (χ2n) is 5.56. The number of nitrogens with zero attached hydrogens (tertiary/aromatic N) is 4. The lowest BCUT2D eigenvalue weighted by molar-refractivity contribution is 0.244. The maximum absolute atomic E-state index is 13.1. The maximum atomic E-state index is 13.1. The third-order valence-electron chi connectivity index (χ3n) is 3.89. The predicted octanol–water partition coefficient (Wildman–Crippen LogP) is 2.51. The van der Waals surface area contributed by atoms with Gasteiger partial charge >= 0.3 is 6.03 Å². The Labute approximate surface area is 138 Å². The molecule has 1 aromatic carbocycles. The molecule has 2 N–H and O–H groups in total. The summed E-state index contributed by atoms with van der Waals surface area (Å²) in [5.74, 6) is 0.974. The number of hydrogen-bond donors (Lipinski definition) is 2. The molecule has 0 spiro atoms. The monoisotopic (exact) mass is 328 g/mol. The first kappa shape index (κ1) is 15.9. The van der Waals surface area contributed by atoms with Crippen molar-refractivity contribution >= 4 is 11.7 Å². The zero-order valence-corrected chi connectivity index (χ0v) is 13.2. The molecule has 1 atom stereocenters. The van der Waals surface area contributed by atoms with Crippen molar-refractivity contribution in [1.29, 1.82) is 5.26 Å². The Morgan fingerprint density at radius 1 is 1.54 bits per heavy atom. The van der Waals surface area contributed by atoms with E-state index >= 15 is 0 Å². The van der Waals surface area contributed by atoms with Crippen LogP contribution in [0.2, 0.25) is 0 Å². The van der Waals surface area contributed by atoms with Gasteiger partial charge in [-0.25, -0.2) is 18.9 Å². The molecule has 0 saturated heterocycles. The SMILES string of the molecule is CCc1nc2n(n1)CCC[C@H]2NC(=O)Nc1ccc(F)cc1C#N. The first-order valence-electron chi connectivity index (χ1n) is 7.81. The summed E-state index contributed by atoms with van der Waals surface area (Å²) < 4.78 is 15.0. The molecule has 3 rings (SSSR count). The highest BCUT2D eigenvalue weighted by Crippen LogP contribution is 2.23. The largest absolute Gasteiger partial charge is 0.328 e. The smallest absolute Gasteiger partial charge is 0.319 e. The van der Waals surface area contributed by atoms with E-state index in [1.165, 1.54) is 12.1 Å². The molecule has 1 aliphatic heterocycles. The van der Waals surface area contributed by atoms with Crippen LogP contribution < -0.4 is 10.6 Å². The van der Waals surface area contributed by atoms with Crippen molar-refractivity contribution in [1.82, 2.24) is 20.1 Å². The molecule has 0 fully saturated rings. The zero-order valence-electron chi connectivity index (χ0n) is 13.2. The summed E-state index contributed by atoms with van der Waals surface area (Å²) in [5.41, 5.74) is 0.341. The average Bonchev–Trinajstić information content (AvgIpc) is 3.01. The summed E-state index contributed by atoms with van der Waals surface area (Å²) in [7, 11) is 0. The van der Waals surface area contributed by atoms with Crippen LogP contribution in [-0.4, -0.2) is 20.8 Å².